The molecule has 1 fully saturated rings. The van der Waals surface area contributed by atoms with Gasteiger partial charge in [-0.1, -0.05) is 28.1 Å². The van der Waals surface area contributed by atoms with E-state index < -0.39 is 0 Å². The minimum atomic E-state index is 0.288. The summed E-state index contributed by atoms with van der Waals surface area (Å²) < 4.78 is 3.35. The summed E-state index contributed by atoms with van der Waals surface area (Å²) in [5.74, 6) is 0.996. The van der Waals surface area contributed by atoms with E-state index in [-0.39, 0.29) is 6.04 Å². The molecule has 0 saturated heterocycles. The third-order valence-corrected chi connectivity index (χ3v) is 4.06. The van der Waals surface area contributed by atoms with E-state index in [4.69, 9.17) is 0 Å². The fourth-order valence-corrected chi connectivity index (χ4v) is 2.49. The summed E-state index contributed by atoms with van der Waals surface area (Å²) in [6, 6.07) is 9.40. The molecule has 0 amide bonds. The van der Waals surface area contributed by atoms with E-state index in [1.165, 1.54) is 18.4 Å². The lowest BCUT2D eigenvalue weighted by atomic mass is 10.1. The largest absolute Gasteiger partial charge is 0.353 e. The molecule has 0 spiro atoms. The number of benzene rings is 1. The number of aryl methyl sites for hydroxylation is 1. The first-order chi connectivity index (χ1) is 9.13. The molecular formula is C15H18BrN3. The maximum Gasteiger partial charge on any atom is 0.203 e. The summed E-state index contributed by atoms with van der Waals surface area (Å²) in [7, 11) is 0. The van der Waals surface area contributed by atoms with Gasteiger partial charge in [0.1, 0.15) is 0 Å². The summed E-state index contributed by atoms with van der Waals surface area (Å²) in [5, 5.41) is 3.51. The van der Waals surface area contributed by atoms with Gasteiger partial charge < -0.3 is 9.88 Å². The minimum Gasteiger partial charge on any atom is -0.353 e. The first-order valence-corrected chi connectivity index (χ1v) is 7.50. The van der Waals surface area contributed by atoms with Crippen molar-refractivity contribution in [3.8, 4) is 0 Å². The van der Waals surface area contributed by atoms with Crippen molar-refractivity contribution in [2.75, 3.05) is 5.32 Å². The Balaban J connectivity index is 1.89. The number of nitrogens with one attached hydrogen (secondary N) is 1. The van der Waals surface area contributed by atoms with Gasteiger partial charge in [0.05, 0.1) is 11.7 Å². The minimum absolute atomic E-state index is 0.288. The highest BCUT2D eigenvalue weighted by Crippen LogP contribution is 2.28. The lowest BCUT2D eigenvalue weighted by Gasteiger charge is -2.17. The van der Waals surface area contributed by atoms with Crippen LogP contribution in [0.1, 0.15) is 37.1 Å². The molecule has 2 aromatic rings. The Bertz CT molecular complexity index is 570. The third kappa shape index (κ3) is 2.84. The molecule has 0 bridgehead atoms. The van der Waals surface area contributed by atoms with E-state index in [9.17, 15) is 0 Å². The molecule has 3 rings (SSSR count). The van der Waals surface area contributed by atoms with Crippen molar-refractivity contribution in [1.29, 1.82) is 0 Å². The molecule has 1 unspecified atom stereocenters. The second-order valence-corrected chi connectivity index (χ2v) is 6.17. The van der Waals surface area contributed by atoms with Crippen molar-refractivity contribution in [3.63, 3.8) is 0 Å². The van der Waals surface area contributed by atoms with Crippen molar-refractivity contribution in [1.82, 2.24) is 9.55 Å². The molecule has 1 aromatic carbocycles. The lowest BCUT2D eigenvalue weighted by molar-refractivity contribution is 0.642. The molecule has 19 heavy (non-hydrogen) atoms. The monoisotopic (exact) mass is 319 g/mol. The average Bonchev–Trinajstić information content (AvgIpc) is 3.12. The van der Waals surface area contributed by atoms with E-state index in [0.717, 1.165) is 16.1 Å². The molecule has 0 radical (unpaired) electrons. The number of nitrogens with zero attached hydrogens (tertiary/aromatic N) is 2. The highest BCUT2D eigenvalue weighted by atomic mass is 79.9. The highest BCUT2D eigenvalue weighted by molar-refractivity contribution is 9.10. The van der Waals surface area contributed by atoms with Crippen LogP contribution in [0.5, 0.6) is 0 Å². The second-order valence-electron chi connectivity index (χ2n) is 5.26. The molecule has 4 heteroatoms. The van der Waals surface area contributed by atoms with Crippen molar-refractivity contribution in [2.24, 2.45) is 0 Å². The highest BCUT2D eigenvalue weighted by Gasteiger charge is 2.24. The lowest BCUT2D eigenvalue weighted by Crippen LogP contribution is -2.12. The Kier molecular flexibility index (Phi) is 3.35. The number of halogens is 1. The summed E-state index contributed by atoms with van der Waals surface area (Å²) in [6.45, 7) is 4.26. The van der Waals surface area contributed by atoms with Gasteiger partial charge in [-0.3, -0.25) is 0 Å². The fourth-order valence-electron chi connectivity index (χ4n) is 2.23. The Morgan fingerprint density at radius 3 is 2.63 bits per heavy atom. The smallest absolute Gasteiger partial charge is 0.203 e. The van der Waals surface area contributed by atoms with Crippen LogP contribution in [-0.4, -0.2) is 15.6 Å². The summed E-state index contributed by atoms with van der Waals surface area (Å²) in [6.07, 6.45) is 4.65. The zero-order chi connectivity index (χ0) is 13.4. The normalized spacial score (nSPS) is 16.4. The summed E-state index contributed by atoms with van der Waals surface area (Å²) in [4.78, 5) is 4.60. The Morgan fingerprint density at radius 1 is 1.32 bits per heavy atom. The van der Waals surface area contributed by atoms with E-state index >= 15 is 0 Å². The van der Waals surface area contributed by atoms with Crippen LogP contribution in [0, 0.1) is 6.92 Å². The van der Waals surface area contributed by atoms with Gasteiger partial charge in [-0.15, -0.1) is 0 Å². The molecule has 1 N–H and O–H groups in total. The number of aromatic nitrogens is 2. The predicted octanol–water partition coefficient (Wildman–Crippen LogP) is 4.14. The SMILES string of the molecule is Cc1cn(C(C)c2ccc(Br)cc2)c(NC2CC2)n1. The Labute approximate surface area is 122 Å². The van der Waals surface area contributed by atoms with Gasteiger partial charge in [0, 0.05) is 16.7 Å². The maximum atomic E-state index is 4.60. The van der Waals surface area contributed by atoms with Gasteiger partial charge in [0.15, 0.2) is 0 Å². The number of rotatable bonds is 4. The number of anilines is 1. The quantitative estimate of drug-likeness (QED) is 0.918. The van der Waals surface area contributed by atoms with Crippen LogP contribution in [0.3, 0.4) is 0 Å². The molecule has 1 atom stereocenters. The zero-order valence-corrected chi connectivity index (χ0v) is 12.8. The molecule has 3 nitrogen and oxygen atoms in total. The van der Waals surface area contributed by atoms with Crippen LogP contribution in [-0.2, 0) is 0 Å². The maximum absolute atomic E-state index is 4.60. The molecular weight excluding hydrogens is 302 g/mol. The van der Waals surface area contributed by atoms with Crippen molar-refractivity contribution < 1.29 is 0 Å². The van der Waals surface area contributed by atoms with Gasteiger partial charge >= 0.3 is 0 Å². The predicted molar refractivity (Wildman–Crippen MR) is 81.6 cm³/mol. The van der Waals surface area contributed by atoms with Crippen molar-refractivity contribution >= 4 is 21.9 Å². The van der Waals surface area contributed by atoms with Crippen LogP contribution in [0.4, 0.5) is 5.95 Å². The zero-order valence-electron chi connectivity index (χ0n) is 11.2. The average molecular weight is 320 g/mol. The van der Waals surface area contributed by atoms with Crippen LogP contribution >= 0.6 is 15.9 Å². The Morgan fingerprint density at radius 2 is 2.00 bits per heavy atom. The molecule has 0 aliphatic heterocycles. The van der Waals surface area contributed by atoms with Crippen LogP contribution < -0.4 is 5.32 Å². The summed E-state index contributed by atoms with van der Waals surface area (Å²) >= 11 is 3.48. The van der Waals surface area contributed by atoms with E-state index in [1.807, 2.05) is 6.92 Å². The molecule has 1 heterocycles. The van der Waals surface area contributed by atoms with E-state index in [2.05, 4.69) is 68.2 Å². The topological polar surface area (TPSA) is 29.9 Å². The second kappa shape index (κ2) is 5.00. The number of hydrogen-bond acceptors (Lipinski definition) is 2. The van der Waals surface area contributed by atoms with Crippen LogP contribution in [0.2, 0.25) is 0 Å². The van der Waals surface area contributed by atoms with Crippen LogP contribution in [0.15, 0.2) is 34.9 Å². The molecule has 100 valence electrons. The molecule has 1 aliphatic carbocycles. The van der Waals surface area contributed by atoms with E-state index in [1.54, 1.807) is 0 Å². The van der Waals surface area contributed by atoms with Gasteiger partial charge in [0.2, 0.25) is 5.95 Å². The van der Waals surface area contributed by atoms with Gasteiger partial charge in [-0.2, -0.15) is 0 Å². The third-order valence-electron chi connectivity index (χ3n) is 3.53. The Hall–Kier alpha value is -1.29. The number of imidazole rings is 1. The standard InChI is InChI=1S/C15H18BrN3/c1-10-9-19(15(17-10)18-14-7-8-14)11(2)12-3-5-13(16)6-4-12/h3-6,9,11,14H,7-8H2,1-2H3,(H,17,18). The van der Waals surface area contributed by atoms with Crippen molar-refractivity contribution in [2.45, 2.75) is 38.8 Å². The molecule has 1 saturated carbocycles. The first kappa shape index (κ1) is 12.7. The number of hydrogen-bond donors (Lipinski definition) is 1. The fraction of sp³-hybridized carbons (Fsp3) is 0.400. The molecule has 1 aliphatic rings. The van der Waals surface area contributed by atoms with Crippen molar-refractivity contribution in [3.05, 3.63) is 46.2 Å². The van der Waals surface area contributed by atoms with Gasteiger partial charge in [-0.05, 0) is 44.4 Å². The van der Waals surface area contributed by atoms with Gasteiger partial charge in [0.25, 0.3) is 0 Å². The first-order valence-electron chi connectivity index (χ1n) is 6.71. The summed E-state index contributed by atoms with van der Waals surface area (Å²) in [5.41, 5.74) is 2.35. The van der Waals surface area contributed by atoms with Crippen LogP contribution in [0.25, 0.3) is 0 Å². The van der Waals surface area contributed by atoms with E-state index in [0.29, 0.717) is 6.04 Å². The van der Waals surface area contributed by atoms with Gasteiger partial charge in [-0.25, -0.2) is 4.98 Å². The molecule has 1 aromatic heterocycles.